The average molecular weight is 400 g/mol. The third-order valence-corrected chi connectivity index (χ3v) is 4.93. The fraction of sp³-hybridized carbons (Fsp3) is 0.263. The van der Waals surface area contributed by atoms with Gasteiger partial charge in [-0.15, -0.1) is 0 Å². The molecule has 1 atom stereocenters. The van der Waals surface area contributed by atoms with Crippen LogP contribution in [-0.2, 0) is 0 Å². The highest BCUT2D eigenvalue weighted by molar-refractivity contribution is 9.10. The van der Waals surface area contributed by atoms with Crippen LogP contribution < -0.4 is 4.74 Å². The van der Waals surface area contributed by atoms with E-state index in [4.69, 9.17) is 4.74 Å². The molecule has 0 bridgehead atoms. The van der Waals surface area contributed by atoms with Crippen LogP contribution in [0.2, 0.25) is 0 Å². The number of likely N-dealkylation sites (tertiary alicyclic amines) is 1. The smallest absolute Gasteiger partial charge is 0.244 e. The summed E-state index contributed by atoms with van der Waals surface area (Å²) in [5.41, 5.74) is 0.907. The fourth-order valence-corrected chi connectivity index (χ4v) is 3.54. The molecule has 1 aliphatic heterocycles. The molecule has 25 heavy (non-hydrogen) atoms. The van der Waals surface area contributed by atoms with E-state index in [9.17, 15) is 4.79 Å². The zero-order valence-electron chi connectivity index (χ0n) is 13.6. The molecule has 3 heterocycles. The lowest BCUT2D eigenvalue weighted by Crippen LogP contribution is -2.32. The van der Waals surface area contributed by atoms with Gasteiger partial charge in [0.05, 0.1) is 12.1 Å². The number of aromatic nitrogens is 2. The summed E-state index contributed by atoms with van der Waals surface area (Å²) < 4.78 is 8.84. The summed E-state index contributed by atoms with van der Waals surface area (Å²) in [6.45, 7) is 2.04. The maximum atomic E-state index is 12.2. The van der Waals surface area contributed by atoms with Crippen LogP contribution in [0.3, 0.4) is 0 Å². The van der Waals surface area contributed by atoms with Crippen molar-refractivity contribution >= 4 is 32.7 Å². The Kier molecular flexibility index (Phi) is 4.55. The van der Waals surface area contributed by atoms with Gasteiger partial charge in [0.25, 0.3) is 0 Å². The van der Waals surface area contributed by atoms with Gasteiger partial charge in [-0.25, -0.2) is 0 Å². The van der Waals surface area contributed by atoms with Gasteiger partial charge in [-0.05, 0) is 42.8 Å². The summed E-state index contributed by atoms with van der Waals surface area (Å²) in [6.07, 6.45) is 6.35. The van der Waals surface area contributed by atoms with Crippen LogP contribution in [-0.4, -0.2) is 46.1 Å². The monoisotopic (exact) mass is 399 g/mol. The number of fused-ring (bicyclic) bond motifs is 1. The van der Waals surface area contributed by atoms with E-state index < -0.39 is 0 Å². The van der Waals surface area contributed by atoms with Gasteiger partial charge in [-0.3, -0.25) is 19.2 Å². The van der Waals surface area contributed by atoms with E-state index in [2.05, 4.69) is 25.8 Å². The molecular formula is C19H18BrN3O2. The molecule has 5 nitrogen and oxygen atoms in total. The number of benzene rings is 1. The first-order valence-electron chi connectivity index (χ1n) is 8.28. The van der Waals surface area contributed by atoms with Gasteiger partial charge in [0.15, 0.2) is 0 Å². The highest BCUT2D eigenvalue weighted by Gasteiger charge is 2.26. The Morgan fingerprint density at radius 2 is 2.12 bits per heavy atom. The summed E-state index contributed by atoms with van der Waals surface area (Å²) in [5.74, 6) is 0.936. The SMILES string of the molecule is O=C(CN1CC[C@H](Oc2ccnc3cc(Br)ccc23)C1)n1cccc1. The Morgan fingerprint density at radius 1 is 1.28 bits per heavy atom. The van der Waals surface area contributed by atoms with Crippen LogP contribution in [0.15, 0.2) is 59.5 Å². The second-order valence-corrected chi connectivity index (χ2v) is 7.13. The number of hydrogen-bond acceptors (Lipinski definition) is 4. The van der Waals surface area contributed by atoms with Crippen molar-refractivity contribution < 1.29 is 9.53 Å². The summed E-state index contributed by atoms with van der Waals surface area (Å²) >= 11 is 3.47. The van der Waals surface area contributed by atoms with Gasteiger partial charge < -0.3 is 4.74 Å². The van der Waals surface area contributed by atoms with Crippen molar-refractivity contribution in [3.8, 4) is 5.75 Å². The number of ether oxygens (including phenoxy) is 1. The summed E-state index contributed by atoms with van der Waals surface area (Å²) in [5, 5.41) is 1.01. The Bertz CT molecular complexity index is 895. The van der Waals surface area contributed by atoms with E-state index in [1.807, 2.05) is 36.4 Å². The Labute approximate surface area is 154 Å². The van der Waals surface area contributed by atoms with Gasteiger partial charge >= 0.3 is 0 Å². The largest absolute Gasteiger partial charge is 0.488 e. The van der Waals surface area contributed by atoms with Crippen molar-refractivity contribution in [1.82, 2.24) is 14.5 Å². The van der Waals surface area contributed by atoms with Crippen molar-refractivity contribution in [2.24, 2.45) is 0 Å². The van der Waals surface area contributed by atoms with E-state index in [-0.39, 0.29) is 12.0 Å². The van der Waals surface area contributed by atoms with E-state index in [0.717, 1.165) is 40.6 Å². The number of rotatable bonds is 4. The molecule has 3 aromatic rings. The number of hydrogen-bond donors (Lipinski definition) is 0. The van der Waals surface area contributed by atoms with E-state index >= 15 is 0 Å². The molecule has 0 radical (unpaired) electrons. The van der Waals surface area contributed by atoms with Crippen molar-refractivity contribution in [3.63, 3.8) is 0 Å². The summed E-state index contributed by atoms with van der Waals surface area (Å²) in [4.78, 5) is 18.7. The van der Waals surface area contributed by atoms with Crippen molar-refractivity contribution in [3.05, 3.63) is 59.5 Å². The molecule has 0 saturated carbocycles. The molecular weight excluding hydrogens is 382 g/mol. The molecule has 0 aliphatic carbocycles. The van der Waals surface area contributed by atoms with E-state index in [1.54, 1.807) is 23.2 Å². The minimum Gasteiger partial charge on any atom is -0.488 e. The first-order chi connectivity index (χ1) is 12.2. The van der Waals surface area contributed by atoms with Crippen LogP contribution >= 0.6 is 15.9 Å². The number of halogens is 1. The summed E-state index contributed by atoms with van der Waals surface area (Å²) in [6, 6.07) is 11.6. The standard InChI is InChI=1S/C19H18BrN3O2/c20-14-3-4-16-17(11-14)21-7-5-18(16)25-15-6-10-22(12-15)13-19(24)23-8-1-2-9-23/h1-5,7-9,11,15H,6,10,12-13H2/t15-/m0/s1. The van der Waals surface area contributed by atoms with Crippen LogP contribution in [0.25, 0.3) is 10.9 Å². The summed E-state index contributed by atoms with van der Waals surface area (Å²) in [7, 11) is 0. The van der Waals surface area contributed by atoms with Crippen LogP contribution in [0, 0.1) is 0 Å². The number of carbonyl (C=O) groups is 1. The lowest BCUT2D eigenvalue weighted by molar-refractivity contribution is 0.0856. The van der Waals surface area contributed by atoms with Crippen molar-refractivity contribution in [2.45, 2.75) is 12.5 Å². The second kappa shape index (κ2) is 6.98. The Balaban J connectivity index is 1.42. The molecule has 6 heteroatoms. The van der Waals surface area contributed by atoms with Crippen molar-refractivity contribution in [1.29, 1.82) is 0 Å². The number of pyridine rings is 1. The highest BCUT2D eigenvalue weighted by atomic mass is 79.9. The molecule has 1 aromatic carbocycles. The molecule has 0 amide bonds. The third-order valence-electron chi connectivity index (χ3n) is 4.44. The van der Waals surface area contributed by atoms with Crippen LogP contribution in [0.5, 0.6) is 5.75 Å². The first kappa shape index (κ1) is 16.3. The molecule has 0 spiro atoms. The van der Waals surface area contributed by atoms with Gasteiger partial charge in [0.2, 0.25) is 5.91 Å². The molecule has 0 unspecified atom stereocenters. The van der Waals surface area contributed by atoms with E-state index in [0.29, 0.717) is 6.54 Å². The van der Waals surface area contributed by atoms with Crippen molar-refractivity contribution in [2.75, 3.05) is 19.6 Å². The number of nitrogens with zero attached hydrogens (tertiary/aromatic N) is 3. The second-order valence-electron chi connectivity index (χ2n) is 6.22. The van der Waals surface area contributed by atoms with Crippen LogP contribution in [0.1, 0.15) is 11.2 Å². The van der Waals surface area contributed by atoms with E-state index in [1.165, 1.54) is 0 Å². The van der Waals surface area contributed by atoms with Gasteiger partial charge in [0, 0.05) is 41.5 Å². The van der Waals surface area contributed by atoms with Gasteiger partial charge in [-0.2, -0.15) is 0 Å². The topological polar surface area (TPSA) is 47.4 Å². The maximum Gasteiger partial charge on any atom is 0.244 e. The maximum absolute atomic E-state index is 12.2. The van der Waals surface area contributed by atoms with Crippen LogP contribution in [0.4, 0.5) is 0 Å². The zero-order valence-corrected chi connectivity index (χ0v) is 15.2. The minimum absolute atomic E-state index is 0.0878. The molecule has 4 rings (SSSR count). The predicted octanol–water partition coefficient (Wildman–Crippen LogP) is 3.59. The minimum atomic E-state index is 0.0878. The fourth-order valence-electron chi connectivity index (χ4n) is 3.19. The average Bonchev–Trinajstić information content (AvgIpc) is 3.27. The Hall–Kier alpha value is -2.18. The molecule has 128 valence electrons. The normalized spacial score (nSPS) is 17.9. The third kappa shape index (κ3) is 3.60. The Morgan fingerprint density at radius 3 is 2.96 bits per heavy atom. The zero-order chi connectivity index (χ0) is 17.2. The molecule has 1 saturated heterocycles. The van der Waals surface area contributed by atoms with Gasteiger partial charge in [-0.1, -0.05) is 15.9 Å². The lowest BCUT2D eigenvalue weighted by atomic mass is 10.2. The quantitative estimate of drug-likeness (QED) is 0.672. The lowest BCUT2D eigenvalue weighted by Gasteiger charge is -2.17. The molecule has 1 aliphatic rings. The predicted molar refractivity (Wildman–Crippen MR) is 100.0 cm³/mol. The molecule has 2 aromatic heterocycles. The first-order valence-corrected chi connectivity index (χ1v) is 9.08. The number of carbonyl (C=O) groups excluding carboxylic acids is 1. The molecule has 0 N–H and O–H groups in total. The molecule has 1 fully saturated rings. The van der Waals surface area contributed by atoms with Gasteiger partial charge in [0.1, 0.15) is 11.9 Å². The highest BCUT2D eigenvalue weighted by Crippen LogP contribution is 2.28.